The number of ether oxygens (including phenoxy) is 2. The third-order valence-electron chi connectivity index (χ3n) is 4.50. The molecule has 4 unspecified atom stereocenters. The highest BCUT2D eigenvalue weighted by molar-refractivity contribution is 6.03. The zero-order chi connectivity index (χ0) is 14.7. The molecule has 1 aromatic carbocycles. The van der Waals surface area contributed by atoms with E-state index in [1.54, 1.807) is 24.3 Å². The predicted octanol–water partition coefficient (Wildman–Crippen LogP) is 0.657. The molecule has 3 aliphatic rings. The third-order valence-corrected chi connectivity index (χ3v) is 4.50. The molecule has 1 aliphatic carbocycles. The van der Waals surface area contributed by atoms with Crippen molar-refractivity contribution in [2.24, 2.45) is 11.8 Å². The molecule has 6 nitrogen and oxygen atoms in total. The average Bonchev–Trinajstić information content (AvgIpc) is 3.04. The van der Waals surface area contributed by atoms with Crippen LogP contribution in [-0.4, -0.2) is 23.9 Å². The summed E-state index contributed by atoms with van der Waals surface area (Å²) in [6, 6.07) is 7.10. The van der Waals surface area contributed by atoms with E-state index in [4.69, 9.17) is 4.74 Å². The Morgan fingerprint density at radius 2 is 1.52 bits per heavy atom. The smallest absolute Gasteiger partial charge is 0.321 e. The van der Waals surface area contributed by atoms with Gasteiger partial charge in [-0.15, -0.1) is 0 Å². The summed E-state index contributed by atoms with van der Waals surface area (Å²) in [5.74, 6) is -5.12. The van der Waals surface area contributed by atoms with Crippen LogP contribution in [0.3, 0.4) is 0 Å². The molecule has 0 aromatic heterocycles. The Morgan fingerprint density at radius 1 is 0.810 bits per heavy atom. The highest BCUT2D eigenvalue weighted by Crippen LogP contribution is 2.55. The highest BCUT2D eigenvalue weighted by Gasteiger charge is 2.59. The molecule has 0 amide bonds. The molecule has 106 valence electrons. The minimum atomic E-state index is -0.738. The molecule has 6 heteroatoms. The molecular formula is C15H10O6. The zero-order valence-electron chi connectivity index (χ0n) is 10.8. The van der Waals surface area contributed by atoms with Gasteiger partial charge in [0.2, 0.25) is 0 Å². The second kappa shape index (κ2) is 4.00. The van der Waals surface area contributed by atoms with Crippen LogP contribution < -0.4 is 0 Å². The number of hydrogen-bond donors (Lipinski definition) is 0. The van der Waals surface area contributed by atoms with Crippen molar-refractivity contribution in [2.75, 3.05) is 0 Å². The van der Waals surface area contributed by atoms with Gasteiger partial charge in [-0.1, -0.05) is 24.3 Å². The molecule has 0 radical (unpaired) electrons. The van der Waals surface area contributed by atoms with Crippen molar-refractivity contribution in [1.82, 2.24) is 0 Å². The molecule has 4 atom stereocenters. The van der Waals surface area contributed by atoms with Crippen LogP contribution in [-0.2, 0) is 28.7 Å². The summed E-state index contributed by atoms with van der Waals surface area (Å²) in [5.41, 5.74) is 1.46. The minimum absolute atomic E-state index is 0.0669. The molecule has 0 N–H and O–H groups in total. The summed E-state index contributed by atoms with van der Waals surface area (Å²) < 4.78 is 9.32. The van der Waals surface area contributed by atoms with E-state index < -0.39 is 47.5 Å². The van der Waals surface area contributed by atoms with Gasteiger partial charge in [0, 0.05) is 5.92 Å². The van der Waals surface area contributed by atoms with Gasteiger partial charge in [-0.05, 0) is 11.1 Å². The Balaban J connectivity index is 1.86. The van der Waals surface area contributed by atoms with Crippen LogP contribution in [0.1, 0.15) is 29.4 Å². The van der Waals surface area contributed by atoms with Crippen LogP contribution in [0.25, 0.3) is 0 Å². The summed E-state index contributed by atoms with van der Waals surface area (Å²) in [5, 5.41) is 0. The van der Waals surface area contributed by atoms with Gasteiger partial charge in [-0.3, -0.25) is 19.2 Å². The first-order valence-electron chi connectivity index (χ1n) is 6.67. The third kappa shape index (κ3) is 1.53. The number of carbonyl (C=O) groups is 4. The fourth-order valence-electron chi connectivity index (χ4n) is 3.71. The van der Waals surface area contributed by atoms with Crippen LogP contribution in [0.5, 0.6) is 0 Å². The number of hydrogen-bond acceptors (Lipinski definition) is 6. The summed E-state index contributed by atoms with van der Waals surface area (Å²) in [4.78, 5) is 47.1. The van der Waals surface area contributed by atoms with Crippen molar-refractivity contribution in [3.8, 4) is 0 Å². The molecule has 21 heavy (non-hydrogen) atoms. The van der Waals surface area contributed by atoms with Gasteiger partial charge in [0.15, 0.2) is 0 Å². The molecule has 2 fully saturated rings. The van der Waals surface area contributed by atoms with Crippen LogP contribution in [0.4, 0.5) is 0 Å². The fraction of sp³-hybridized carbons (Fsp3) is 0.333. The monoisotopic (exact) mass is 286 g/mol. The lowest BCUT2D eigenvalue weighted by atomic mass is 9.79. The van der Waals surface area contributed by atoms with E-state index in [9.17, 15) is 19.2 Å². The molecule has 4 rings (SSSR count). The standard InChI is InChI=1S/C15H10O6/c16-9-5-8(13(17)20-9)10-6-3-1-2-4-7(6)11-12(10)15(19)21-14(11)18/h1-4,8,10-12H,5H2. The van der Waals surface area contributed by atoms with E-state index in [-0.39, 0.29) is 6.42 Å². The lowest BCUT2D eigenvalue weighted by Crippen LogP contribution is -2.26. The number of rotatable bonds is 1. The fourth-order valence-corrected chi connectivity index (χ4v) is 3.71. The van der Waals surface area contributed by atoms with E-state index in [1.807, 2.05) is 0 Å². The van der Waals surface area contributed by atoms with Gasteiger partial charge < -0.3 is 9.47 Å². The summed E-state index contributed by atoms with van der Waals surface area (Å²) in [6.45, 7) is 0. The molecule has 2 saturated heterocycles. The SMILES string of the molecule is O=C1CC(C2c3ccccc3C3C(=O)OC(=O)C32)C(=O)O1. The molecule has 2 heterocycles. The van der Waals surface area contributed by atoms with Gasteiger partial charge >= 0.3 is 23.9 Å². The first kappa shape index (κ1) is 12.3. The average molecular weight is 286 g/mol. The van der Waals surface area contributed by atoms with Crippen molar-refractivity contribution in [2.45, 2.75) is 18.3 Å². The van der Waals surface area contributed by atoms with Crippen LogP contribution >= 0.6 is 0 Å². The normalized spacial score (nSPS) is 33.7. The Hall–Kier alpha value is -2.50. The van der Waals surface area contributed by atoms with Gasteiger partial charge in [0.1, 0.15) is 0 Å². The molecule has 0 spiro atoms. The van der Waals surface area contributed by atoms with Gasteiger partial charge in [-0.25, -0.2) is 0 Å². The first-order valence-corrected chi connectivity index (χ1v) is 6.67. The van der Waals surface area contributed by atoms with Crippen molar-refractivity contribution < 1.29 is 28.7 Å². The molecule has 0 bridgehead atoms. The first-order chi connectivity index (χ1) is 10.1. The zero-order valence-corrected chi connectivity index (χ0v) is 10.8. The Kier molecular flexibility index (Phi) is 2.34. The lowest BCUT2D eigenvalue weighted by Gasteiger charge is -2.19. The van der Waals surface area contributed by atoms with Crippen molar-refractivity contribution in [3.63, 3.8) is 0 Å². The van der Waals surface area contributed by atoms with E-state index in [1.165, 1.54) is 0 Å². The Labute approximate surface area is 119 Å². The van der Waals surface area contributed by atoms with Crippen LogP contribution in [0.2, 0.25) is 0 Å². The van der Waals surface area contributed by atoms with E-state index >= 15 is 0 Å². The minimum Gasteiger partial charge on any atom is -0.393 e. The molecule has 1 aromatic rings. The highest BCUT2D eigenvalue weighted by atomic mass is 16.6. The number of cyclic esters (lactones) is 4. The Bertz CT molecular complexity index is 706. The van der Waals surface area contributed by atoms with Gasteiger partial charge in [0.05, 0.1) is 24.2 Å². The maximum atomic E-state index is 12.0. The van der Waals surface area contributed by atoms with Gasteiger partial charge in [0.25, 0.3) is 0 Å². The van der Waals surface area contributed by atoms with Crippen molar-refractivity contribution in [1.29, 1.82) is 0 Å². The number of esters is 4. The number of benzene rings is 1. The van der Waals surface area contributed by atoms with Crippen molar-refractivity contribution >= 4 is 23.9 Å². The summed E-state index contributed by atoms with van der Waals surface area (Å²) in [6.07, 6.45) is -0.0669. The summed E-state index contributed by atoms with van der Waals surface area (Å²) >= 11 is 0. The quantitative estimate of drug-likeness (QED) is 0.556. The van der Waals surface area contributed by atoms with E-state index in [0.29, 0.717) is 5.56 Å². The number of carbonyl (C=O) groups excluding carboxylic acids is 4. The number of fused-ring (bicyclic) bond motifs is 3. The largest absolute Gasteiger partial charge is 0.393 e. The second-order valence-corrected chi connectivity index (χ2v) is 5.50. The van der Waals surface area contributed by atoms with Crippen molar-refractivity contribution in [3.05, 3.63) is 35.4 Å². The topological polar surface area (TPSA) is 86.7 Å². The lowest BCUT2D eigenvalue weighted by molar-refractivity contribution is -0.154. The van der Waals surface area contributed by atoms with Crippen LogP contribution in [0, 0.1) is 11.8 Å². The summed E-state index contributed by atoms with van der Waals surface area (Å²) in [7, 11) is 0. The molecule has 0 saturated carbocycles. The molecular weight excluding hydrogens is 276 g/mol. The maximum Gasteiger partial charge on any atom is 0.321 e. The van der Waals surface area contributed by atoms with E-state index in [2.05, 4.69) is 4.74 Å². The predicted molar refractivity (Wildman–Crippen MR) is 65.7 cm³/mol. The molecule has 2 aliphatic heterocycles. The van der Waals surface area contributed by atoms with Crippen LogP contribution in [0.15, 0.2) is 24.3 Å². The van der Waals surface area contributed by atoms with E-state index in [0.717, 1.165) is 5.56 Å². The maximum absolute atomic E-state index is 12.0. The second-order valence-electron chi connectivity index (χ2n) is 5.50. The Morgan fingerprint density at radius 3 is 2.19 bits per heavy atom. The van der Waals surface area contributed by atoms with Gasteiger partial charge in [-0.2, -0.15) is 0 Å².